The van der Waals surface area contributed by atoms with Crippen LogP contribution in [0.1, 0.15) is 104 Å². The Morgan fingerprint density at radius 3 is 1.65 bits per heavy atom. The van der Waals surface area contributed by atoms with E-state index in [1.165, 1.54) is 40.7 Å². The summed E-state index contributed by atoms with van der Waals surface area (Å²) < 4.78 is 0. The summed E-state index contributed by atoms with van der Waals surface area (Å²) in [6.45, 7) is 23.6. The summed E-state index contributed by atoms with van der Waals surface area (Å²) in [5, 5.41) is 0. The molecule has 2 aromatic heterocycles. The number of aromatic nitrogens is 2. The van der Waals surface area contributed by atoms with Crippen molar-refractivity contribution in [3.8, 4) is 33.6 Å². The third-order valence-corrected chi connectivity index (χ3v) is 12.3. The molecule has 0 spiro atoms. The molecular formula is C45H50IrN2-2. The van der Waals surface area contributed by atoms with Gasteiger partial charge in [0.05, 0.1) is 0 Å². The van der Waals surface area contributed by atoms with Crippen LogP contribution in [0.4, 0.5) is 0 Å². The first-order valence-electron chi connectivity index (χ1n) is 17.1. The van der Waals surface area contributed by atoms with E-state index in [-0.39, 0.29) is 47.2 Å². The van der Waals surface area contributed by atoms with Crippen molar-refractivity contribution < 1.29 is 20.1 Å². The number of nitrogens with zero attached hydrogens (tertiary/aromatic N) is 2. The molecule has 0 amide bonds. The van der Waals surface area contributed by atoms with Crippen molar-refractivity contribution in [2.45, 2.75) is 104 Å². The van der Waals surface area contributed by atoms with Crippen LogP contribution in [0.25, 0.3) is 33.6 Å². The Hall–Kier alpha value is -3.39. The minimum absolute atomic E-state index is 0. The van der Waals surface area contributed by atoms with E-state index in [9.17, 15) is 0 Å². The van der Waals surface area contributed by atoms with E-state index in [0.29, 0.717) is 0 Å². The predicted octanol–water partition coefficient (Wildman–Crippen LogP) is 11.7. The van der Waals surface area contributed by atoms with E-state index in [1.807, 2.05) is 30.6 Å². The van der Waals surface area contributed by atoms with E-state index in [1.54, 1.807) is 0 Å². The van der Waals surface area contributed by atoms with Crippen LogP contribution in [0.3, 0.4) is 0 Å². The van der Waals surface area contributed by atoms with Gasteiger partial charge in [-0.1, -0.05) is 130 Å². The van der Waals surface area contributed by atoms with Gasteiger partial charge in [0.25, 0.3) is 0 Å². The molecule has 251 valence electrons. The molecule has 0 unspecified atom stereocenters. The van der Waals surface area contributed by atoms with Crippen molar-refractivity contribution in [2.24, 2.45) is 5.41 Å². The molecular weight excluding hydrogens is 761 g/mol. The van der Waals surface area contributed by atoms with Gasteiger partial charge in [-0.3, -0.25) is 0 Å². The average Bonchev–Trinajstić information content (AvgIpc) is 3.17. The molecule has 2 nitrogen and oxygen atoms in total. The fourth-order valence-electron chi connectivity index (χ4n) is 7.66. The Balaban J connectivity index is 0.000000188. The second kappa shape index (κ2) is 12.8. The first-order valence-corrected chi connectivity index (χ1v) is 17.1. The van der Waals surface area contributed by atoms with Gasteiger partial charge in [0.1, 0.15) is 0 Å². The normalized spacial score (nSPS) is 18.7. The summed E-state index contributed by atoms with van der Waals surface area (Å²) in [6, 6.07) is 36.7. The van der Waals surface area contributed by atoms with Crippen LogP contribution in [0.2, 0.25) is 0 Å². The van der Waals surface area contributed by atoms with Gasteiger partial charge in [-0.05, 0) is 62.1 Å². The number of rotatable bonds is 3. The van der Waals surface area contributed by atoms with Gasteiger partial charge in [0, 0.05) is 32.5 Å². The minimum atomic E-state index is 0. The van der Waals surface area contributed by atoms with Crippen LogP contribution in [-0.2, 0) is 41.8 Å². The zero-order chi connectivity index (χ0) is 33.8. The number of hydrogen-bond acceptors (Lipinski definition) is 2. The van der Waals surface area contributed by atoms with Crippen LogP contribution in [0, 0.1) is 17.5 Å². The molecule has 7 rings (SSSR count). The van der Waals surface area contributed by atoms with Gasteiger partial charge in [-0.25, -0.2) is 0 Å². The largest absolute Gasteiger partial charge is 0.305 e. The fourth-order valence-corrected chi connectivity index (χ4v) is 7.66. The molecule has 48 heavy (non-hydrogen) atoms. The maximum absolute atomic E-state index is 4.73. The van der Waals surface area contributed by atoms with Gasteiger partial charge < -0.3 is 9.97 Å². The van der Waals surface area contributed by atoms with Gasteiger partial charge in [0.2, 0.25) is 0 Å². The number of fused-ring (bicyclic) bond motifs is 2. The zero-order valence-corrected chi connectivity index (χ0v) is 32.8. The molecule has 0 aliphatic heterocycles. The van der Waals surface area contributed by atoms with Crippen LogP contribution >= 0.6 is 0 Å². The van der Waals surface area contributed by atoms with E-state index >= 15 is 0 Å². The summed E-state index contributed by atoms with van der Waals surface area (Å²) in [7, 11) is 0. The first-order chi connectivity index (χ1) is 22.1. The van der Waals surface area contributed by atoms with Crippen LogP contribution in [0.15, 0.2) is 97.3 Å². The Labute approximate surface area is 303 Å². The van der Waals surface area contributed by atoms with Crippen molar-refractivity contribution in [1.82, 2.24) is 9.97 Å². The molecule has 0 bridgehead atoms. The molecule has 2 heterocycles. The summed E-state index contributed by atoms with van der Waals surface area (Å²) in [5.41, 5.74) is 13.2. The van der Waals surface area contributed by atoms with Gasteiger partial charge >= 0.3 is 0 Å². The first kappa shape index (κ1) is 35.9. The van der Waals surface area contributed by atoms with Crippen molar-refractivity contribution in [3.05, 3.63) is 132 Å². The standard InChI is InChI=1S/C25H26N.C20H24N.Ir/c1-24(2)14-15-25(3,4)22-16-19(10-12-21(22)24)23-13-11-20(17-26-23)18-8-6-5-7-9-18;1-18(2)15-11-10-14(17-9-7-8-12-21-17)13-16(15)19(3,4)20(18,5)6;/h5-9,11-13,16-17H,14-15H2,1-4H3;7-9,11-13H,1-6H3;/q2*-1;. The SMILES string of the molecule is CC1(C)CCC(C)(C)c2cc(-c3ccc(-c4ccccc4)cn3)[c-]cc21.CC1(C)c2c[c-]c(-c3ccccn3)cc2C(C)(C)C1(C)C.[Ir]. The maximum atomic E-state index is 4.73. The van der Waals surface area contributed by atoms with Gasteiger partial charge in [-0.2, -0.15) is 0 Å². The third-order valence-electron chi connectivity index (χ3n) is 12.3. The molecule has 0 atom stereocenters. The van der Waals surface area contributed by atoms with Gasteiger partial charge in [-0.15, -0.1) is 69.8 Å². The molecule has 0 saturated carbocycles. The topological polar surface area (TPSA) is 25.8 Å². The molecule has 3 aromatic carbocycles. The fraction of sp³-hybridized carbons (Fsp3) is 0.378. The second-order valence-electron chi connectivity index (χ2n) is 16.5. The smallest absolute Gasteiger partial charge is 0.0239 e. The number of hydrogen-bond donors (Lipinski definition) is 0. The monoisotopic (exact) mass is 811 g/mol. The van der Waals surface area contributed by atoms with Crippen molar-refractivity contribution in [1.29, 1.82) is 0 Å². The third kappa shape index (κ3) is 6.14. The Bertz CT molecular complexity index is 1880. The van der Waals surface area contributed by atoms with Crippen molar-refractivity contribution in [3.63, 3.8) is 0 Å². The van der Waals surface area contributed by atoms with Crippen molar-refractivity contribution >= 4 is 0 Å². The Morgan fingerprint density at radius 2 is 1.06 bits per heavy atom. The molecule has 0 saturated heterocycles. The van der Waals surface area contributed by atoms with Gasteiger partial charge in [0.15, 0.2) is 0 Å². The summed E-state index contributed by atoms with van der Waals surface area (Å²) >= 11 is 0. The average molecular weight is 811 g/mol. The van der Waals surface area contributed by atoms with Crippen molar-refractivity contribution in [2.75, 3.05) is 0 Å². The zero-order valence-electron chi connectivity index (χ0n) is 30.4. The minimum Gasteiger partial charge on any atom is -0.305 e. The number of pyridine rings is 2. The van der Waals surface area contributed by atoms with Crippen LogP contribution in [0.5, 0.6) is 0 Å². The summed E-state index contributed by atoms with van der Waals surface area (Å²) in [4.78, 5) is 9.19. The predicted molar refractivity (Wildman–Crippen MR) is 198 cm³/mol. The molecule has 2 aliphatic carbocycles. The van der Waals surface area contributed by atoms with E-state index in [0.717, 1.165) is 28.1 Å². The second-order valence-corrected chi connectivity index (χ2v) is 16.5. The Kier molecular flexibility index (Phi) is 9.58. The summed E-state index contributed by atoms with van der Waals surface area (Å²) in [5.74, 6) is 0. The summed E-state index contributed by atoms with van der Waals surface area (Å²) in [6.07, 6.45) is 6.25. The van der Waals surface area contributed by atoms with Crippen LogP contribution in [-0.4, -0.2) is 9.97 Å². The van der Waals surface area contributed by atoms with Crippen LogP contribution < -0.4 is 0 Å². The van der Waals surface area contributed by atoms with E-state index in [2.05, 4.69) is 153 Å². The molecule has 1 radical (unpaired) electrons. The maximum Gasteiger partial charge on any atom is 0.0239 e. The Morgan fingerprint density at radius 1 is 0.521 bits per heavy atom. The molecule has 2 aliphatic rings. The molecule has 3 heteroatoms. The molecule has 5 aromatic rings. The number of benzene rings is 3. The quantitative estimate of drug-likeness (QED) is 0.170. The molecule has 0 fully saturated rings. The van der Waals surface area contributed by atoms with E-state index < -0.39 is 0 Å². The molecule has 0 N–H and O–H groups in total. The van der Waals surface area contributed by atoms with E-state index in [4.69, 9.17) is 4.98 Å².